The Morgan fingerprint density at radius 2 is 1.75 bits per heavy atom. The zero-order valence-corrected chi connectivity index (χ0v) is 16.1. The summed E-state index contributed by atoms with van der Waals surface area (Å²) in [4.78, 5) is 4.17. The second-order valence-corrected chi connectivity index (χ2v) is 5.34. The van der Waals surface area contributed by atoms with Gasteiger partial charge in [-0.25, -0.2) is 4.99 Å². The summed E-state index contributed by atoms with van der Waals surface area (Å²) in [5.74, 6) is -0.142. The molecule has 0 spiro atoms. The minimum Gasteiger partial charge on any atom is -0.406 e. The van der Waals surface area contributed by atoms with Gasteiger partial charge in [0.15, 0.2) is 5.96 Å². The molecule has 4 nitrogen and oxygen atoms in total. The van der Waals surface area contributed by atoms with Gasteiger partial charge in [0.1, 0.15) is 5.75 Å². The number of alkyl halides is 3. The number of nitrogens with two attached hydrogens (primary N) is 1. The lowest BCUT2D eigenvalue weighted by atomic mass is 10.2. The maximum absolute atomic E-state index is 12.1. The van der Waals surface area contributed by atoms with Crippen molar-refractivity contribution in [1.82, 2.24) is 0 Å². The Hall–Kier alpha value is -1.49. The topological polar surface area (TPSA) is 59.6 Å². The number of hydrogen-bond acceptors (Lipinski definition) is 2. The van der Waals surface area contributed by atoms with Crippen LogP contribution >= 0.6 is 39.9 Å². The van der Waals surface area contributed by atoms with Crippen molar-refractivity contribution in [2.24, 2.45) is 10.7 Å². The van der Waals surface area contributed by atoms with Gasteiger partial charge in [0.2, 0.25) is 0 Å². The quantitative estimate of drug-likeness (QED) is 0.346. The predicted octanol–water partition coefficient (Wildman–Crippen LogP) is 4.89. The zero-order chi connectivity index (χ0) is 16.9. The minimum atomic E-state index is -4.71. The van der Waals surface area contributed by atoms with Crippen LogP contribution < -0.4 is 15.8 Å². The van der Waals surface area contributed by atoms with Crippen molar-refractivity contribution in [2.75, 3.05) is 5.32 Å². The number of nitrogens with one attached hydrogen (secondary N) is 1. The highest BCUT2D eigenvalue weighted by atomic mass is 127. The number of hydrogen-bond donors (Lipinski definition) is 2. The lowest BCUT2D eigenvalue weighted by Crippen LogP contribution is -2.22. The van der Waals surface area contributed by atoms with Crippen LogP contribution in [0.4, 0.5) is 18.9 Å². The highest BCUT2D eigenvalue weighted by Gasteiger charge is 2.30. The number of anilines is 1. The van der Waals surface area contributed by atoms with Gasteiger partial charge in [0.05, 0.1) is 6.54 Å². The van der Waals surface area contributed by atoms with E-state index in [-0.39, 0.29) is 35.7 Å². The van der Waals surface area contributed by atoms with Crippen LogP contribution in [0.25, 0.3) is 0 Å². The van der Waals surface area contributed by atoms with Crippen LogP contribution in [0.1, 0.15) is 5.56 Å². The highest BCUT2D eigenvalue weighted by molar-refractivity contribution is 14.0. The lowest BCUT2D eigenvalue weighted by molar-refractivity contribution is -0.274. The molecule has 0 bridgehead atoms. The highest BCUT2D eigenvalue weighted by Crippen LogP contribution is 2.24. The third-order valence-corrected chi connectivity index (χ3v) is 3.51. The first kappa shape index (κ1) is 20.6. The minimum absolute atomic E-state index is 0. The van der Waals surface area contributed by atoms with E-state index in [1.54, 1.807) is 0 Å². The first-order valence-electron chi connectivity index (χ1n) is 6.49. The number of guanidine groups is 1. The van der Waals surface area contributed by atoms with Crippen molar-refractivity contribution in [3.63, 3.8) is 0 Å². The van der Waals surface area contributed by atoms with E-state index in [4.69, 9.17) is 5.73 Å². The molecule has 0 amide bonds. The van der Waals surface area contributed by atoms with Crippen LogP contribution in [0.15, 0.2) is 58.0 Å². The fraction of sp³-hybridized carbons (Fsp3) is 0.133. The summed E-state index contributed by atoms with van der Waals surface area (Å²) < 4.78 is 40.9. The monoisotopic (exact) mass is 515 g/mol. The van der Waals surface area contributed by atoms with E-state index >= 15 is 0 Å². The van der Waals surface area contributed by atoms with Gasteiger partial charge in [0.25, 0.3) is 0 Å². The van der Waals surface area contributed by atoms with Crippen molar-refractivity contribution in [3.05, 3.63) is 58.6 Å². The summed E-state index contributed by atoms with van der Waals surface area (Å²) in [5.41, 5.74) is 7.23. The van der Waals surface area contributed by atoms with Gasteiger partial charge in [0, 0.05) is 10.2 Å². The molecule has 2 aromatic rings. The molecule has 3 N–H and O–H groups in total. The van der Waals surface area contributed by atoms with Crippen molar-refractivity contribution < 1.29 is 17.9 Å². The molecule has 0 aliphatic carbocycles. The molecule has 0 saturated carbocycles. The Kier molecular flexibility index (Phi) is 7.80. The summed E-state index contributed by atoms with van der Waals surface area (Å²) in [7, 11) is 0. The van der Waals surface area contributed by atoms with Crippen LogP contribution in [-0.2, 0) is 6.54 Å². The summed E-state index contributed by atoms with van der Waals surface area (Å²) in [6, 6.07) is 12.8. The Balaban J connectivity index is 0.00000288. The predicted molar refractivity (Wildman–Crippen MR) is 102 cm³/mol. The van der Waals surface area contributed by atoms with Crippen LogP contribution in [0.3, 0.4) is 0 Å². The molecule has 24 heavy (non-hydrogen) atoms. The Morgan fingerprint density at radius 1 is 1.12 bits per heavy atom. The van der Waals surface area contributed by atoms with Gasteiger partial charge in [-0.3, -0.25) is 0 Å². The van der Waals surface area contributed by atoms with Crippen LogP contribution in [0.5, 0.6) is 5.75 Å². The van der Waals surface area contributed by atoms with E-state index in [0.29, 0.717) is 12.2 Å². The molecule has 0 aromatic heterocycles. The molecule has 0 heterocycles. The molecule has 0 fully saturated rings. The molecule has 0 atom stereocenters. The van der Waals surface area contributed by atoms with Gasteiger partial charge in [-0.1, -0.05) is 34.1 Å². The molecular weight excluding hydrogens is 502 g/mol. The van der Waals surface area contributed by atoms with Crippen LogP contribution in [0.2, 0.25) is 0 Å². The average Bonchev–Trinajstić information content (AvgIpc) is 2.47. The molecule has 0 saturated heterocycles. The molecule has 0 radical (unpaired) electrons. The third kappa shape index (κ3) is 6.95. The molecule has 2 aromatic carbocycles. The number of nitrogens with zero attached hydrogens (tertiary/aromatic N) is 1. The van der Waals surface area contributed by atoms with Gasteiger partial charge in [-0.05, 0) is 35.9 Å². The maximum Gasteiger partial charge on any atom is 0.573 e. The molecule has 2 rings (SSSR count). The fourth-order valence-electron chi connectivity index (χ4n) is 1.72. The first-order chi connectivity index (χ1) is 10.8. The van der Waals surface area contributed by atoms with Gasteiger partial charge >= 0.3 is 6.36 Å². The number of rotatable bonds is 4. The average molecular weight is 516 g/mol. The second-order valence-electron chi connectivity index (χ2n) is 4.49. The van der Waals surface area contributed by atoms with E-state index in [9.17, 15) is 13.2 Å². The number of benzene rings is 2. The molecular formula is C15H14BrF3IN3O. The standard InChI is InChI=1S/C15H13BrF3N3O.HI/c16-13-4-2-1-3-10(13)9-21-14(20)22-11-5-7-12(8-6-11)23-15(17,18)19;/h1-8H,9H2,(H3,20,21,22);1H. The fourth-order valence-corrected chi connectivity index (χ4v) is 2.13. The zero-order valence-electron chi connectivity index (χ0n) is 12.2. The summed E-state index contributed by atoms with van der Waals surface area (Å²) in [5, 5.41) is 2.80. The second kappa shape index (κ2) is 9.11. The molecule has 0 aliphatic heterocycles. The van der Waals surface area contributed by atoms with Crippen molar-refractivity contribution in [3.8, 4) is 5.75 Å². The normalized spacial score (nSPS) is 11.6. The number of aliphatic imine (C=N–C) groups is 1. The SMILES string of the molecule is I.NC(=NCc1ccccc1Br)Nc1ccc(OC(F)(F)F)cc1. The summed E-state index contributed by atoms with van der Waals surface area (Å²) in [6.45, 7) is 0.371. The maximum atomic E-state index is 12.1. The largest absolute Gasteiger partial charge is 0.573 e. The lowest BCUT2D eigenvalue weighted by Gasteiger charge is -2.10. The van der Waals surface area contributed by atoms with Crippen molar-refractivity contribution in [1.29, 1.82) is 0 Å². The Bertz CT molecular complexity index is 693. The van der Waals surface area contributed by atoms with E-state index < -0.39 is 6.36 Å². The van der Waals surface area contributed by atoms with Crippen LogP contribution in [0, 0.1) is 0 Å². The third-order valence-electron chi connectivity index (χ3n) is 2.74. The molecule has 9 heteroatoms. The summed E-state index contributed by atoms with van der Waals surface area (Å²) in [6.07, 6.45) is -4.71. The smallest absolute Gasteiger partial charge is 0.406 e. The van der Waals surface area contributed by atoms with Gasteiger partial charge in [-0.2, -0.15) is 0 Å². The van der Waals surface area contributed by atoms with E-state index in [1.165, 1.54) is 24.3 Å². The van der Waals surface area contributed by atoms with E-state index in [1.807, 2.05) is 24.3 Å². The van der Waals surface area contributed by atoms with Crippen LogP contribution in [-0.4, -0.2) is 12.3 Å². The first-order valence-corrected chi connectivity index (χ1v) is 7.29. The van der Waals surface area contributed by atoms with Gasteiger partial charge < -0.3 is 15.8 Å². The van der Waals surface area contributed by atoms with Crippen molar-refractivity contribution >= 4 is 51.6 Å². The van der Waals surface area contributed by atoms with E-state index in [0.717, 1.165) is 10.0 Å². The van der Waals surface area contributed by atoms with E-state index in [2.05, 4.69) is 31.0 Å². The number of ether oxygens (including phenoxy) is 1. The van der Waals surface area contributed by atoms with Crippen molar-refractivity contribution in [2.45, 2.75) is 12.9 Å². The number of halogens is 5. The summed E-state index contributed by atoms with van der Waals surface area (Å²) >= 11 is 3.41. The molecule has 130 valence electrons. The van der Waals surface area contributed by atoms with Gasteiger partial charge in [-0.15, -0.1) is 37.1 Å². The molecule has 0 aliphatic rings. The Morgan fingerprint density at radius 3 is 2.33 bits per heavy atom. The Labute approximate surface area is 162 Å². The molecule has 0 unspecified atom stereocenters.